The van der Waals surface area contributed by atoms with Gasteiger partial charge in [-0.05, 0) is 31.2 Å². The first-order valence-electron chi connectivity index (χ1n) is 9.95. The Morgan fingerprint density at radius 1 is 1.00 bits per heavy atom. The summed E-state index contributed by atoms with van der Waals surface area (Å²) in [6, 6.07) is 7.41. The lowest BCUT2D eigenvalue weighted by molar-refractivity contribution is 0.146. The zero-order chi connectivity index (χ0) is 22.3. The fourth-order valence-electron chi connectivity index (χ4n) is 2.90. The number of aromatic nitrogens is 5. The van der Waals surface area contributed by atoms with Crippen molar-refractivity contribution in [2.45, 2.75) is 6.92 Å². The molecule has 0 unspecified atom stereocenters. The van der Waals surface area contributed by atoms with Gasteiger partial charge in [-0.15, -0.1) is 0 Å². The van der Waals surface area contributed by atoms with Crippen LogP contribution in [0.3, 0.4) is 0 Å². The van der Waals surface area contributed by atoms with Crippen molar-refractivity contribution >= 4 is 28.1 Å². The molecule has 10 heteroatoms. The van der Waals surface area contributed by atoms with Crippen LogP contribution in [0.1, 0.15) is 6.92 Å². The molecule has 0 atom stereocenters. The number of ether oxygens (including phenoxy) is 2. The highest BCUT2D eigenvalue weighted by Crippen LogP contribution is 2.35. The average Bonchev–Trinajstić information content (AvgIpc) is 3.29. The van der Waals surface area contributed by atoms with Crippen LogP contribution in [0.15, 0.2) is 49.1 Å². The number of methoxy groups -OCH3 is 1. The van der Waals surface area contributed by atoms with Crippen LogP contribution in [0.5, 0.6) is 5.75 Å². The number of nitrogens with one attached hydrogen (secondary N) is 1. The summed E-state index contributed by atoms with van der Waals surface area (Å²) in [7, 11) is 1.63. The Morgan fingerprint density at radius 3 is 2.62 bits per heavy atom. The summed E-state index contributed by atoms with van der Waals surface area (Å²) in [4.78, 5) is 23.3. The van der Waals surface area contributed by atoms with E-state index in [1.54, 1.807) is 38.0 Å². The molecule has 0 aliphatic heterocycles. The van der Waals surface area contributed by atoms with Crippen LogP contribution < -0.4 is 10.1 Å². The number of hydrogen-bond acceptors (Lipinski definition) is 9. The Balaban J connectivity index is 1.75. The second-order valence-corrected chi connectivity index (χ2v) is 8.03. The van der Waals surface area contributed by atoms with Gasteiger partial charge in [0.1, 0.15) is 18.1 Å². The molecule has 0 amide bonds. The van der Waals surface area contributed by atoms with Gasteiger partial charge >= 0.3 is 0 Å². The van der Waals surface area contributed by atoms with Crippen LogP contribution in [0.25, 0.3) is 33.3 Å². The largest absolute Gasteiger partial charge is 0.491 e. The third kappa shape index (κ3) is 5.18. The maximum absolute atomic E-state index is 6.60. The Hall–Kier alpha value is -3.14. The maximum Gasteiger partial charge on any atom is 0.183 e. The monoisotopic (exact) mass is 468 g/mol. The average molecular weight is 469 g/mol. The Bertz CT molecular complexity index is 1190. The van der Waals surface area contributed by atoms with Gasteiger partial charge in [-0.2, -0.15) is 0 Å². The van der Waals surface area contributed by atoms with Gasteiger partial charge in [-0.1, -0.05) is 22.9 Å². The Morgan fingerprint density at radius 2 is 1.88 bits per heavy atom. The molecule has 0 spiro atoms. The van der Waals surface area contributed by atoms with Crippen LogP contribution >= 0.6 is 22.9 Å². The summed E-state index contributed by atoms with van der Waals surface area (Å²) < 4.78 is 10.7. The van der Waals surface area contributed by atoms with Crippen molar-refractivity contribution in [2.75, 3.05) is 32.2 Å². The molecule has 0 radical (unpaired) electrons. The number of halogens is 1. The molecular weight excluding hydrogens is 448 g/mol. The number of hydrogen-bond donors (Lipinski definition) is 1. The number of anilines is 1. The van der Waals surface area contributed by atoms with E-state index in [1.165, 1.54) is 11.3 Å². The van der Waals surface area contributed by atoms with E-state index < -0.39 is 0 Å². The molecule has 0 fully saturated rings. The normalized spacial score (nSPS) is 10.8. The SMILES string of the molecule is CCNc1ncc(-c2cc(-c3ccc(OCCOC)cc3Cl)nc(-c3cnccn3)n2)s1. The van der Waals surface area contributed by atoms with Crippen LogP contribution in [0.2, 0.25) is 5.02 Å². The van der Waals surface area contributed by atoms with Gasteiger partial charge in [0.2, 0.25) is 0 Å². The first-order valence-corrected chi connectivity index (χ1v) is 11.1. The summed E-state index contributed by atoms with van der Waals surface area (Å²) in [6.45, 7) is 3.77. The van der Waals surface area contributed by atoms with Gasteiger partial charge in [0.15, 0.2) is 11.0 Å². The van der Waals surface area contributed by atoms with E-state index in [4.69, 9.17) is 31.0 Å². The predicted molar refractivity (Wildman–Crippen MR) is 126 cm³/mol. The van der Waals surface area contributed by atoms with Crippen LogP contribution in [0.4, 0.5) is 5.13 Å². The lowest BCUT2D eigenvalue weighted by Crippen LogP contribution is -2.04. The zero-order valence-electron chi connectivity index (χ0n) is 17.6. The second-order valence-electron chi connectivity index (χ2n) is 6.60. The molecule has 0 aliphatic carbocycles. The Kier molecular flexibility index (Phi) is 7.21. The first kappa shape index (κ1) is 22.1. The molecule has 0 saturated heterocycles. The molecule has 4 aromatic rings. The fourth-order valence-corrected chi connectivity index (χ4v) is 4.01. The summed E-state index contributed by atoms with van der Waals surface area (Å²) in [5.41, 5.74) is 2.73. The minimum Gasteiger partial charge on any atom is -0.491 e. The zero-order valence-corrected chi connectivity index (χ0v) is 19.2. The molecule has 0 saturated carbocycles. The number of nitrogens with zero attached hydrogens (tertiary/aromatic N) is 5. The van der Waals surface area contributed by atoms with Crippen molar-refractivity contribution in [3.05, 3.63) is 54.1 Å². The molecular formula is C22H21ClN6O2S. The van der Waals surface area contributed by atoms with E-state index in [0.717, 1.165) is 27.8 Å². The highest BCUT2D eigenvalue weighted by Gasteiger charge is 2.15. The second kappa shape index (κ2) is 10.4. The first-order chi connectivity index (χ1) is 15.7. The standard InChI is InChI=1S/C22H21ClN6O2S/c1-3-25-22-27-13-20(32-22)18-11-17(28-21(29-18)19-12-24-6-7-26-19)15-5-4-14(10-16(15)23)31-9-8-30-2/h4-7,10-13H,3,8-9H2,1-2H3,(H,25,27). The van der Waals surface area contributed by atoms with Crippen molar-refractivity contribution in [3.63, 3.8) is 0 Å². The van der Waals surface area contributed by atoms with Gasteiger partial charge in [0, 0.05) is 37.8 Å². The molecule has 0 aliphatic rings. The predicted octanol–water partition coefficient (Wildman–Crippen LogP) is 4.83. The topological polar surface area (TPSA) is 94.9 Å². The summed E-state index contributed by atoms with van der Waals surface area (Å²) >= 11 is 8.12. The number of rotatable bonds is 9. The van der Waals surface area contributed by atoms with Crippen molar-refractivity contribution in [3.8, 4) is 39.1 Å². The Labute approximate surface area is 194 Å². The molecule has 4 rings (SSSR count). The van der Waals surface area contributed by atoms with Gasteiger partial charge in [-0.25, -0.2) is 19.9 Å². The maximum atomic E-state index is 6.60. The fraction of sp³-hybridized carbons (Fsp3) is 0.227. The summed E-state index contributed by atoms with van der Waals surface area (Å²) in [5.74, 6) is 1.12. The quantitative estimate of drug-likeness (QED) is 0.349. The summed E-state index contributed by atoms with van der Waals surface area (Å²) in [5, 5.41) is 4.58. The molecule has 8 nitrogen and oxygen atoms in total. The molecule has 1 aromatic carbocycles. The van der Waals surface area contributed by atoms with E-state index in [9.17, 15) is 0 Å². The van der Waals surface area contributed by atoms with Crippen LogP contribution in [-0.2, 0) is 4.74 Å². The number of benzene rings is 1. The lowest BCUT2D eigenvalue weighted by atomic mass is 10.1. The van der Waals surface area contributed by atoms with E-state index in [2.05, 4.69) is 20.3 Å². The van der Waals surface area contributed by atoms with Gasteiger partial charge < -0.3 is 14.8 Å². The minimum atomic E-state index is 0.445. The van der Waals surface area contributed by atoms with Gasteiger partial charge in [-0.3, -0.25) is 4.98 Å². The molecule has 3 heterocycles. The van der Waals surface area contributed by atoms with Crippen LogP contribution in [0, 0.1) is 0 Å². The van der Waals surface area contributed by atoms with E-state index >= 15 is 0 Å². The smallest absolute Gasteiger partial charge is 0.183 e. The molecule has 164 valence electrons. The van der Waals surface area contributed by atoms with E-state index in [0.29, 0.717) is 41.2 Å². The van der Waals surface area contributed by atoms with Crippen molar-refractivity contribution in [1.82, 2.24) is 24.9 Å². The third-order valence-electron chi connectivity index (χ3n) is 4.38. The highest BCUT2D eigenvalue weighted by molar-refractivity contribution is 7.18. The summed E-state index contributed by atoms with van der Waals surface area (Å²) in [6.07, 6.45) is 6.65. The minimum absolute atomic E-state index is 0.445. The highest BCUT2D eigenvalue weighted by atomic mass is 35.5. The van der Waals surface area contributed by atoms with Crippen LogP contribution in [-0.4, -0.2) is 51.8 Å². The third-order valence-corrected chi connectivity index (χ3v) is 5.67. The van der Waals surface area contributed by atoms with Crippen molar-refractivity contribution in [2.24, 2.45) is 0 Å². The van der Waals surface area contributed by atoms with Crippen molar-refractivity contribution < 1.29 is 9.47 Å². The lowest BCUT2D eigenvalue weighted by Gasteiger charge is -2.11. The van der Waals surface area contributed by atoms with Crippen molar-refractivity contribution in [1.29, 1.82) is 0 Å². The molecule has 32 heavy (non-hydrogen) atoms. The van der Waals surface area contributed by atoms with E-state index in [-0.39, 0.29) is 0 Å². The van der Waals surface area contributed by atoms with Gasteiger partial charge in [0.05, 0.1) is 34.1 Å². The molecule has 0 bridgehead atoms. The molecule has 1 N–H and O–H groups in total. The molecule has 3 aromatic heterocycles. The van der Waals surface area contributed by atoms with Gasteiger partial charge in [0.25, 0.3) is 0 Å². The van der Waals surface area contributed by atoms with E-state index in [1.807, 2.05) is 25.1 Å². The number of thiazole rings is 1.